The van der Waals surface area contributed by atoms with Gasteiger partial charge in [0.05, 0.1) is 0 Å². The second-order valence-electron chi connectivity index (χ2n) is 7.57. The zero-order valence-corrected chi connectivity index (χ0v) is 16.1. The molecule has 0 spiro atoms. The number of furan rings is 1. The van der Waals surface area contributed by atoms with E-state index in [4.69, 9.17) is 4.42 Å². The summed E-state index contributed by atoms with van der Waals surface area (Å²) in [5.74, 6) is 3.37. The molecule has 1 aromatic carbocycles. The van der Waals surface area contributed by atoms with Crippen LogP contribution in [0.15, 0.2) is 53.2 Å². The molecule has 1 aliphatic carbocycles. The lowest BCUT2D eigenvalue weighted by Crippen LogP contribution is -2.31. The first kappa shape index (κ1) is 18.5. The molecule has 1 amide bonds. The zero-order valence-electron chi connectivity index (χ0n) is 16.1. The number of hydrogen-bond donors (Lipinski definition) is 1. The summed E-state index contributed by atoms with van der Waals surface area (Å²) in [6.07, 6.45) is 5.54. The number of aryl methyl sites for hydroxylation is 2. The SMILES string of the molecule is CC1CC1c1ccc(CCC(=O)NC(c2ccc(F)cc2)c2nccn2C)o1. The fourth-order valence-corrected chi connectivity index (χ4v) is 3.52. The Labute approximate surface area is 163 Å². The van der Waals surface area contributed by atoms with Gasteiger partial charge in [-0.1, -0.05) is 19.1 Å². The van der Waals surface area contributed by atoms with Gasteiger partial charge in [0.15, 0.2) is 0 Å². The van der Waals surface area contributed by atoms with Gasteiger partial charge in [0.1, 0.15) is 29.2 Å². The third kappa shape index (κ3) is 4.01. The third-order valence-electron chi connectivity index (χ3n) is 5.38. The number of rotatable bonds is 7. The van der Waals surface area contributed by atoms with Crippen molar-refractivity contribution in [3.05, 3.63) is 77.5 Å². The normalized spacial score (nSPS) is 19.4. The molecular formula is C22H24FN3O2. The van der Waals surface area contributed by atoms with Gasteiger partial charge in [-0.15, -0.1) is 0 Å². The molecule has 2 aromatic heterocycles. The summed E-state index contributed by atoms with van der Waals surface area (Å²) in [5.41, 5.74) is 0.784. The van der Waals surface area contributed by atoms with Crippen LogP contribution in [0.1, 0.15) is 54.6 Å². The minimum atomic E-state index is -0.437. The van der Waals surface area contributed by atoms with Crippen LogP contribution in [0, 0.1) is 11.7 Å². The Hall–Kier alpha value is -2.89. The molecule has 146 valence electrons. The molecule has 0 saturated heterocycles. The quantitative estimate of drug-likeness (QED) is 0.670. The molecular weight excluding hydrogens is 357 g/mol. The number of halogens is 1. The van der Waals surface area contributed by atoms with Crippen molar-refractivity contribution in [3.63, 3.8) is 0 Å². The first-order valence-electron chi connectivity index (χ1n) is 9.62. The highest BCUT2D eigenvalue weighted by Crippen LogP contribution is 2.47. The van der Waals surface area contributed by atoms with Crippen molar-refractivity contribution in [1.29, 1.82) is 0 Å². The summed E-state index contributed by atoms with van der Waals surface area (Å²) in [6.45, 7) is 2.22. The number of carbonyl (C=O) groups excluding carboxylic acids is 1. The highest BCUT2D eigenvalue weighted by Gasteiger charge is 2.36. The van der Waals surface area contributed by atoms with E-state index in [0.29, 0.717) is 30.5 Å². The van der Waals surface area contributed by atoms with Gasteiger partial charge in [0.2, 0.25) is 5.91 Å². The second kappa shape index (κ2) is 7.62. The number of amides is 1. The van der Waals surface area contributed by atoms with Gasteiger partial charge in [-0.3, -0.25) is 4.79 Å². The van der Waals surface area contributed by atoms with E-state index in [0.717, 1.165) is 17.1 Å². The highest BCUT2D eigenvalue weighted by molar-refractivity contribution is 5.77. The van der Waals surface area contributed by atoms with Gasteiger partial charge < -0.3 is 14.3 Å². The second-order valence-corrected chi connectivity index (χ2v) is 7.57. The van der Waals surface area contributed by atoms with Gasteiger partial charge in [0.25, 0.3) is 0 Å². The smallest absolute Gasteiger partial charge is 0.221 e. The predicted octanol–water partition coefficient (Wildman–Crippen LogP) is 4.11. The van der Waals surface area contributed by atoms with Crippen LogP contribution in [-0.4, -0.2) is 15.5 Å². The summed E-state index contributed by atoms with van der Waals surface area (Å²) in [7, 11) is 1.87. The Morgan fingerprint density at radius 3 is 2.71 bits per heavy atom. The molecule has 3 aromatic rings. The zero-order chi connectivity index (χ0) is 19.7. The van der Waals surface area contributed by atoms with Crippen molar-refractivity contribution in [1.82, 2.24) is 14.9 Å². The first-order chi connectivity index (χ1) is 13.5. The summed E-state index contributed by atoms with van der Waals surface area (Å²) in [4.78, 5) is 17.0. The van der Waals surface area contributed by atoms with E-state index in [9.17, 15) is 9.18 Å². The molecule has 1 aliphatic rings. The summed E-state index contributed by atoms with van der Waals surface area (Å²) >= 11 is 0. The molecule has 1 N–H and O–H groups in total. The largest absolute Gasteiger partial charge is 0.466 e. The van der Waals surface area contributed by atoms with Crippen molar-refractivity contribution in [2.75, 3.05) is 0 Å². The molecule has 2 heterocycles. The Bertz CT molecular complexity index is 960. The van der Waals surface area contributed by atoms with Gasteiger partial charge in [0, 0.05) is 38.2 Å². The van der Waals surface area contributed by atoms with Crippen LogP contribution < -0.4 is 5.32 Å². The van der Waals surface area contributed by atoms with E-state index < -0.39 is 6.04 Å². The van der Waals surface area contributed by atoms with Gasteiger partial charge in [-0.25, -0.2) is 9.37 Å². The number of nitrogens with zero attached hydrogens (tertiary/aromatic N) is 2. The monoisotopic (exact) mass is 381 g/mol. The van der Waals surface area contributed by atoms with E-state index in [1.807, 2.05) is 29.9 Å². The minimum absolute atomic E-state index is 0.102. The fraction of sp³-hybridized carbons (Fsp3) is 0.364. The van der Waals surface area contributed by atoms with E-state index in [1.165, 1.54) is 18.6 Å². The van der Waals surface area contributed by atoms with Crippen molar-refractivity contribution >= 4 is 5.91 Å². The number of imidazole rings is 1. The number of hydrogen-bond acceptors (Lipinski definition) is 3. The third-order valence-corrected chi connectivity index (χ3v) is 5.38. The fourth-order valence-electron chi connectivity index (χ4n) is 3.52. The van der Waals surface area contributed by atoms with Gasteiger partial charge in [-0.05, 0) is 42.2 Å². The maximum absolute atomic E-state index is 13.3. The summed E-state index contributed by atoms with van der Waals surface area (Å²) < 4.78 is 21.0. The van der Waals surface area contributed by atoms with E-state index in [2.05, 4.69) is 17.2 Å². The van der Waals surface area contributed by atoms with Crippen LogP contribution in [0.5, 0.6) is 0 Å². The predicted molar refractivity (Wildman–Crippen MR) is 103 cm³/mol. The topological polar surface area (TPSA) is 60.1 Å². The van der Waals surface area contributed by atoms with Crippen LogP contribution >= 0.6 is 0 Å². The Morgan fingerprint density at radius 2 is 2.07 bits per heavy atom. The van der Waals surface area contributed by atoms with Crippen LogP contribution in [-0.2, 0) is 18.3 Å². The summed E-state index contributed by atoms with van der Waals surface area (Å²) in [5, 5.41) is 3.03. The lowest BCUT2D eigenvalue weighted by Gasteiger charge is -2.19. The van der Waals surface area contributed by atoms with Crippen LogP contribution in [0.25, 0.3) is 0 Å². The summed E-state index contributed by atoms with van der Waals surface area (Å²) in [6, 6.07) is 9.67. The number of carbonyl (C=O) groups is 1. The molecule has 4 rings (SSSR count). The standard InChI is InChI=1S/C22H24FN3O2/c1-14-13-18(14)19-9-7-17(28-19)8-10-20(27)25-21(22-24-11-12-26(22)2)15-3-5-16(23)6-4-15/h3-7,9,11-12,14,18,21H,8,10,13H2,1-2H3,(H,25,27). The molecule has 3 unspecified atom stereocenters. The van der Waals surface area contributed by atoms with E-state index in [1.54, 1.807) is 18.3 Å². The molecule has 0 bridgehead atoms. The number of aromatic nitrogens is 2. The lowest BCUT2D eigenvalue weighted by molar-refractivity contribution is -0.121. The molecule has 1 fully saturated rings. The molecule has 0 aliphatic heterocycles. The molecule has 28 heavy (non-hydrogen) atoms. The van der Waals surface area contributed by atoms with Crippen LogP contribution in [0.4, 0.5) is 4.39 Å². The Morgan fingerprint density at radius 1 is 1.32 bits per heavy atom. The molecule has 5 nitrogen and oxygen atoms in total. The maximum atomic E-state index is 13.3. The van der Waals surface area contributed by atoms with E-state index in [-0.39, 0.29) is 11.7 Å². The molecule has 1 saturated carbocycles. The van der Waals surface area contributed by atoms with E-state index >= 15 is 0 Å². The number of benzene rings is 1. The van der Waals surface area contributed by atoms with Gasteiger partial charge >= 0.3 is 0 Å². The van der Waals surface area contributed by atoms with Crippen LogP contribution in [0.3, 0.4) is 0 Å². The average Bonchev–Trinajstić information content (AvgIpc) is 3.07. The first-order valence-corrected chi connectivity index (χ1v) is 9.62. The molecule has 6 heteroatoms. The van der Waals surface area contributed by atoms with Crippen molar-refractivity contribution in [2.45, 2.75) is 38.1 Å². The van der Waals surface area contributed by atoms with Gasteiger partial charge in [-0.2, -0.15) is 0 Å². The highest BCUT2D eigenvalue weighted by atomic mass is 19.1. The average molecular weight is 381 g/mol. The van der Waals surface area contributed by atoms with Crippen LogP contribution in [0.2, 0.25) is 0 Å². The van der Waals surface area contributed by atoms with Crippen molar-refractivity contribution in [3.8, 4) is 0 Å². The molecule has 3 atom stereocenters. The minimum Gasteiger partial charge on any atom is -0.466 e. The van der Waals surface area contributed by atoms with Crippen molar-refractivity contribution < 1.29 is 13.6 Å². The number of nitrogens with one attached hydrogen (secondary N) is 1. The molecule has 0 radical (unpaired) electrons. The van der Waals surface area contributed by atoms with Crippen molar-refractivity contribution in [2.24, 2.45) is 13.0 Å². The Balaban J connectivity index is 1.42. The Kier molecular flexibility index (Phi) is 5.03. The lowest BCUT2D eigenvalue weighted by atomic mass is 10.1. The maximum Gasteiger partial charge on any atom is 0.221 e.